The zero-order valence-electron chi connectivity index (χ0n) is 13.5. The Bertz CT molecular complexity index is 606. The van der Waals surface area contributed by atoms with Crippen LogP contribution in [0.15, 0.2) is 23.3 Å². The maximum absolute atomic E-state index is 5.33. The van der Waals surface area contributed by atoms with Gasteiger partial charge in [-0.1, -0.05) is 6.42 Å². The second-order valence-electron chi connectivity index (χ2n) is 6.24. The van der Waals surface area contributed by atoms with Crippen molar-refractivity contribution in [3.8, 4) is 11.5 Å². The van der Waals surface area contributed by atoms with Crippen molar-refractivity contribution in [2.24, 2.45) is 16.9 Å². The number of hydrogen-bond acceptors (Lipinski definition) is 4. The molecular weight excluding hydrogens is 310 g/mol. The van der Waals surface area contributed by atoms with Crippen LogP contribution in [0.25, 0.3) is 0 Å². The smallest absolute Gasteiger partial charge is 0.187 e. The van der Waals surface area contributed by atoms with Crippen molar-refractivity contribution in [3.63, 3.8) is 0 Å². The van der Waals surface area contributed by atoms with Crippen molar-refractivity contribution >= 4 is 23.5 Å². The van der Waals surface area contributed by atoms with Crippen molar-refractivity contribution in [2.45, 2.75) is 31.7 Å². The maximum Gasteiger partial charge on any atom is 0.187 e. The van der Waals surface area contributed by atoms with Crippen LogP contribution in [0, 0.1) is 11.8 Å². The molecule has 0 saturated heterocycles. The van der Waals surface area contributed by atoms with Gasteiger partial charge in [-0.15, -0.1) is 0 Å². The Kier molecular flexibility index (Phi) is 5.00. The standard InChI is InChI=1S/C17H23N3O2S/c1-21-15-6-4-12(9-16(15)22-2)10-18-20-17(23)19-14-8-11-3-5-13(14)7-11/h4,6,9-11,13-14H,3,5,7-8H2,1-2H3,(H2,19,20,23)/b18-10-/t11-,13-,14-/m0/s1. The molecule has 0 unspecified atom stereocenters. The molecule has 5 nitrogen and oxygen atoms in total. The number of benzene rings is 1. The Morgan fingerprint density at radius 1 is 1.22 bits per heavy atom. The van der Waals surface area contributed by atoms with Gasteiger partial charge in [-0.25, -0.2) is 0 Å². The summed E-state index contributed by atoms with van der Waals surface area (Å²) in [6.07, 6.45) is 7.04. The van der Waals surface area contributed by atoms with Gasteiger partial charge in [-0.2, -0.15) is 5.10 Å². The average molecular weight is 333 g/mol. The number of thiocarbonyl (C=S) groups is 1. The molecule has 0 amide bonds. The number of hydrogen-bond donors (Lipinski definition) is 2. The van der Waals surface area contributed by atoms with E-state index in [2.05, 4.69) is 15.8 Å². The van der Waals surface area contributed by atoms with E-state index in [-0.39, 0.29) is 0 Å². The van der Waals surface area contributed by atoms with Crippen molar-refractivity contribution in [1.29, 1.82) is 0 Å². The second-order valence-corrected chi connectivity index (χ2v) is 6.65. The largest absolute Gasteiger partial charge is 0.493 e. The SMILES string of the molecule is COc1ccc(/C=N\NC(=S)N[C@H]2C[C@H]3CC[C@H]2C3)cc1OC. The number of hydrazone groups is 1. The molecule has 6 heteroatoms. The molecular formula is C17H23N3O2S. The van der Waals surface area contributed by atoms with Crippen molar-refractivity contribution in [3.05, 3.63) is 23.8 Å². The zero-order valence-corrected chi connectivity index (χ0v) is 14.4. The molecule has 3 atom stereocenters. The number of fused-ring (bicyclic) bond motifs is 2. The third kappa shape index (κ3) is 3.75. The average Bonchev–Trinajstić information content (AvgIpc) is 3.17. The molecule has 2 bridgehead atoms. The number of nitrogens with zero attached hydrogens (tertiary/aromatic N) is 1. The quantitative estimate of drug-likeness (QED) is 0.493. The molecule has 3 rings (SSSR count). The highest BCUT2D eigenvalue weighted by Crippen LogP contribution is 2.44. The van der Waals surface area contributed by atoms with Gasteiger partial charge in [0.15, 0.2) is 16.6 Å². The molecule has 0 radical (unpaired) electrons. The van der Waals surface area contributed by atoms with E-state index in [1.807, 2.05) is 18.2 Å². The first-order valence-electron chi connectivity index (χ1n) is 8.01. The molecule has 2 aliphatic rings. The lowest BCUT2D eigenvalue weighted by Crippen LogP contribution is -2.42. The van der Waals surface area contributed by atoms with Crippen LogP contribution < -0.4 is 20.2 Å². The lowest BCUT2D eigenvalue weighted by atomic mass is 9.96. The fourth-order valence-corrected chi connectivity index (χ4v) is 3.92. The maximum atomic E-state index is 5.33. The van der Waals surface area contributed by atoms with Gasteiger partial charge < -0.3 is 14.8 Å². The van der Waals surface area contributed by atoms with E-state index in [4.69, 9.17) is 21.7 Å². The summed E-state index contributed by atoms with van der Waals surface area (Å²) in [5.41, 5.74) is 3.82. The van der Waals surface area contributed by atoms with Crippen molar-refractivity contribution in [2.75, 3.05) is 14.2 Å². The first-order chi connectivity index (χ1) is 11.2. The van der Waals surface area contributed by atoms with Crippen LogP contribution in [0.5, 0.6) is 11.5 Å². The topological polar surface area (TPSA) is 54.9 Å². The monoisotopic (exact) mass is 333 g/mol. The molecule has 0 aliphatic heterocycles. The molecule has 2 N–H and O–H groups in total. The molecule has 2 fully saturated rings. The van der Waals surface area contributed by atoms with Crippen molar-refractivity contribution in [1.82, 2.24) is 10.7 Å². The minimum atomic E-state index is 0.519. The van der Waals surface area contributed by atoms with E-state index in [1.54, 1.807) is 20.4 Å². The fraction of sp³-hybridized carbons (Fsp3) is 0.529. The Labute approximate surface area is 142 Å². The van der Waals surface area contributed by atoms with Crippen LogP contribution in [0.1, 0.15) is 31.2 Å². The summed E-state index contributed by atoms with van der Waals surface area (Å²) in [6.45, 7) is 0. The highest BCUT2D eigenvalue weighted by molar-refractivity contribution is 7.80. The van der Waals surface area contributed by atoms with Gasteiger partial charge >= 0.3 is 0 Å². The Morgan fingerprint density at radius 2 is 2.04 bits per heavy atom. The third-order valence-electron chi connectivity index (χ3n) is 4.84. The van der Waals surface area contributed by atoms with E-state index in [1.165, 1.54) is 25.7 Å². The first kappa shape index (κ1) is 16.1. The van der Waals surface area contributed by atoms with Gasteiger partial charge in [0.2, 0.25) is 0 Å². The summed E-state index contributed by atoms with van der Waals surface area (Å²) < 4.78 is 10.5. The van der Waals surface area contributed by atoms with Gasteiger partial charge in [0, 0.05) is 6.04 Å². The van der Waals surface area contributed by atoms with Crippen molar-refractivity contribution < 1.29 is 9.47 Å². The molecule has 1 aromatic carbocycles. The minimum Gasteiger partial charge on any atom is -0.493 e. The number of nitrogens with one attached hydrogen (secondary N) is 2. The highest BCUT2D eigenvalue weighted by Gasteiger charge is 2.39. The molecule has 2 aliphatic carbocycles. The number of methoxy groups -OCH3 is 2. The summed E-state index contributed by atoms with van der Waals surface area (Å²) >= 11 is 5.33. The third-order valence-corrected chi connectivity index (χ3v) is 5.05. The van der Waals surface area contributed by atoms with Gasteiger partial charge in [0.05, 0.1) is 20.4 Å². The Hall–Kier alpha value is -1.82. The van der Waals surface area contributed by atoms with Crippen LogP contribution in [-0.2, 0) is 0 Å². The summed E-state index contributed by atoms with van der Waals surface area (Å²) in [7, 11) is 3.23. The highest BCUT2D eigenvalue weighted by atomic mass is 32.1. The predicted octanol–water partition coefficient (Wildman–Crippen LogP) is 2.69. The van der Waals surface area contributed by atoms with Crippen LogP contribution in [0.3, 0.4) is 0 Å². The number of rotatable bonds is 5. The van der Waals surface area contributed by atoms with Crippen LogP contribution in [0.4, 0.5) is 0 Å². The molecule has 2 saturated carbocycles. The van der Waals surface area contributed by atoms with Crippen LogP contribution >= 0.6 is 12.2 Å². The van der Waals surface area contributed by atoms with Gasteiger partial charge in [-0.3, -0.25) is 5.43 Å². The summed E-state index contributed by atoms with van der Waals surface area (Å²) in [5, 5.41) is 8.20. The van der Waals surface area contributed by atoms with Gasteiger partial charge in [-0.05, 0) is 67.1 Å². The van der Waals surface area contributed by atoms with E-state index < -0.39 is 0 Å². The van der Waals surface area contributed by atoms with Crippen LogP contribution in [-0.4, -0.2) is 31.6 Å². The van der Waals surface area contributed by atoms with E-state index in [0.29, 0.717) is 22.7 Å². The lowest BCUT2D eigenvalue weighted by Gasteiger charge is -2.23. The minimum absolute atomic E-state index is 0.519. The molecule has 0 aromatic heterocycles. The van der Waals surface area contributed by atoms with E-state index >= 15 is 0 Å². The lowest BCUT2D eigenvalue weighted by molar-refractivity contribution is 0.355. The molecule has 23 heavy (non-hydrogen) atoms. The van der Waals surface area contributed by atoms with Gasteiger partial charge in [0.25, 0.3) is 0 Å². The molecule has 0 heterocycles. The Balaban J connectivity index is 1.51. The molecule has 1 aromatic rings. The second kappa shape index (κ2) is 7.17. The summed E-state index contributed by atoms with van der Waals surface area (Å²) in [5.74, 6) is 3.07. The zero-order chi connectivity index (χ0) is 16.2. The van der Waals surface area contributed by atoms with E-state index in [9.17, 15) is 0 Å². The first-order valence-corrected chi connectivity index (χ1v) is 8.42. The normalized spacial score (nSPS) is 25.6. The number of ether oxygens (including phenoxy) is 2. The van der Waals surface area contributed by atoms with E-state index in [0.717, 1.165) is 17.4 Å². The fourth-order valence-electron chi connectivity index (χ4n) is 3.72. The van der Waals surface area contributed by atoms with Gasteiger partial charge in [0.1, 0.15) is 0 Å². The summed E-state index contributed by atoms with van der Waals surface area (Å²) in [4.78, 5) is 0. The summed E-state index contributed by atoms with van der Waals surface area (Å²) in [6, 6.07) is 6.16. The Morgan fingerprint density at radius 3 is 2.70 bits per heavy atom. The molecule has 124 valence electrons. The predicted molar refractivity (Wildman–Crippen MR) is 95.2 cm³/mol. The van der Waals surface area contributed by atoms with Crippen LogP contribution in [0.2, 0.25) is 0 Å². The molecule has 0 spiro atoms.